The minimum absolute atomic E-state index is 0.248. The van der Waals surface area contributed by atoms with Crippen molar-refractivity contribution in [2.75, 3.05) is 25.7 Å². The summed E-state index contributed by atoms with van der Waals surface area (Å²) in [7, 11) is -8.72. The highest BCUT2D eigenvalue weighted by Gasteiger charge is 2.43. The van der Waals surface area contributed by atoms with E-state index in [0.717, 1.165) is 0 Å². The summed E-state index contributed by atoms with van der Waals surface area (Å²) in [5, 5.41) is 16.8. The summed E-state index contributed by atoms with van der Waals surface area (Å²) in [6.45, 7) is -0.929. The summed E-state index contributed by atoms with van der Waals surface area (Å²) in [5.41, 5.74) is 0. The third-order valence-corrected chi connectivity index (χ3v) is 3.33. The lowest BCUT2D eigenvalue weighted by molar-refractivity contribution is -0.168. The zero-order valence-electron chi connectivity index (χ0n) is 13.8. The zero-order valence-corrected chi connectivity index (χ0v) is 15.4. The van der Waals surface area contributed by atoms with E-state index in [-0.39, 0.29) is 12.8 Å². The van der Waals surface area contributed by atoms with Crippen molar-refractivity contribution < 1.29 is 44.3 Å². The van der Waals surface area contributed by atoms with Crippen LogP contribution >= 0.6 is 0 Å². The van der Waals surface area contributed by atoms with Crippen LogP contribution in [0.15, 0.2) is 0 Å². The molecule has 0 aromatic rings. The molecule has 146 valence electrons. The Morgan fingerprint density at radius 2 is 1.12 bits per heavy atom. The number of nitrogens with zero attached hydrogens (tertiary/aromatic N) is 2. The first-order chi connectivity index (χ1) is 11.9. The zero-order chi connectivity index (χ0) is 20.4. The molecule has 0 rings (SSSR count). The predicted molar refractivity (Wildman–Crippen MR) is 81.8 cm³/mol. The van der Waals surface area contributed by atoms with Crippen LogP contribution in [0.4, 0.5) is 0 Å². The minimum Gasteiger partial charge on any atom is -0.463 e. The van der Waals surface area contributed by atoms with Gasteiger partial charge in [0, 0.05) is 0 Å². The Labute approximate surface area is 150 Å². The number of esters is 2. The van der Waals surface area contributed by atoms with Gasteiger partial charge < -0.3 is 9.47 Å². The van der Waals surface area contributed by atoms with Crippen LogP contribution in [0.25, 0.3) is 0 Å². The first-order valence-electron chi connectivity index (χ1n) is 6.75. The Hall–Kier alpha value is -2.26. The third-order valence-electron chi connectivity index (χ3n) is 2.21. The minimum atomic E-state index is -4.36. The average molecular weight is 412 g/mol. The summed E-state index contributed by atoms with van der Waals surface area (Å²) in [6.07, 6.45) is -4.09. The van der Waals surface area contributed by atoms with E-state index in [2.05, 4.69) is 17.8 Å². The SMILES string of the molecule is CS(=O)(=O)OC(C(=O)OCCC#N)C(OS(C)(=O)=O)C(=O)OCCC#N. The highest BCUT2D eigenvalue weighted by molar-refractivity contribution is 7.86. The van der Waals surface area contributed by atoms with Crippen molar-refractivity contribution in [1.82, 2.24) is 0 Å². The average Bonchev–Trinajstić information content (AvgIpc) is 2.49. The van der Waals surface area contributed by atoms with Crippen LogP contribution in [-0.2, 0) is 47.7 Å². The van der Waals surface area contributed by atoms with Gasteiger partial charge in [0.1, 0.15) is 13.2 Å². The molecule has 0 aromatic heterocycles. The first-order valence-corrected chi connectivity index (χ1v) is 10.4. The maximum absolute atomic E-state index is 12.0. The van der Waals surface area contributed by atoms with Gasteiger partial charge in [-0.2, -0.15) is 27.4 Å². The second kappa shape index (κ2) is 10.7. The maximum atomic E-state index is 12.0. The van der Waals surface area contributed by atoms with Crippen LogP contribution in [0.1, 0.15) is 12.8 Å². The predicted octanol–water partition coefficient (Wildman–Crippen LogP) is -1.41. The molecular weight excluding hydrogens is 396 g/mol. The molecule has 0 bridgehead atoms. The maximum Gasteiger partial charge on any atom is 0.340 e. The van der Waals surface area contributed by atoms with Gasteiger partial charge in [-0.05, 0) is 0 Å². The lowest BCUT2D eigenvalue weighted by Gasteiger charge is -2.22. The van der Waals surface area contributed by atoms with Gasteiger partial charge in [-0.25, -0.2) is 9.59 Å². The lowest BCUT2D eigenvalue weighted by atomic mass is 10.2. The molecule has 0 aliphatic rings. The Morgan fingerprint density at radius 1 is 0.808 bits per heavy atom. The normalized spacial score (nSPS) is 13.7. The second-order valence-corrected chi connectivity index (χ2v) is 7.79. The molecule has 0 saturated carbocycles. The fraction of sp³-hybridized carbons (Fsp3) is 0.667. The van der Waals surface area contributed by atoms with Gasteiger partial charge in [0.15, 0.2) is 0 Å². The molecule has 0 amide bonds. The number of hydrogen-bond donors (Lipinski definition) is 0. The molecular formula is C12H16N2O10S2. The molecule has 12 nitrogen and oxygen atoms in total. The van der Waals surface area contributed by atoms with Gasteiger partial charge in [0.25, 0.3) is 20.2 Å². The number of ether oxygens (including phenoxy) is 2. The first kappa shape index (κ1) is 23.7. The van der Waals surface area contributed by atoms with Crippen molar-refractivity contribution in [2.24, 2.45) is 0 Å². The monoisotopic (exact) mass is 412 g/mol. The van der Waals surface area contributed by atoms with E-state index in [9.17, 15) is 26.4 Å². The van der Waals surface area contributed by atoms with Gasteiger partial charge in [-0.3, -0.25) is 8.37 Å². The lowest BCUT2D eigenvalue weighted by Crippen LogP contribution is -2.47. The second-order valence-electron chi connectivity index (χ2n) is 4.59. The smallest absolute Gasteiger partial charge is 0.340 e. The van der Waals surface area contributed by atoms with Crippen molar-refractivity contribution >= 4 is 32.2 Å². The van der Waals surface area contributed by atoms with Crippen molar-refractivity contribution in [2.45, 2.75) is 25.0 Å². The summed E-state index contributed by atoms with van der Waals surface area (Å²) in [5.74, 6) is -2.92. The van der Waals surface area contributed by atoms with Gasteiger partial charge in [0.2, 0.25) is 12.2 Å². The van der Waals surface area contributed by atoms with Gasteiger partial charge in [-0.15, -0.1) is 0 Å². The van der Waals surface area contributed by atoms with Crippen LogP contribution < -0.4 is 0 Å². The van der Waals surface area contributed by atoms with Gasteiger partial charge in [-0.1, -0.05) is 0 Å². The van der Waals surface area contributed by atoms with E-state index in [1.54, 1.807) is 12.1 Å². The van der Waals surface area contributed by atoms with Gasteiger partial charge >= 0.3 is 11.9 Å². The van der Waals surface area contributed by atoms with Crippen molar-refractivity contribution in [3.8, 4) is 12.1 Å². The number of hydrogen-bond acceptors (Lipinski definition) is 12. The standard InChI is InChI=1S/C12H16N2O10S2/c1-25(17,18)23-9(11(15)21-7-3-5-13)10(24-26(2,19)20)12(16)22-8-4-6-14/h9-10H,3-4,7-8H2,1-2H3. The molecule has 26 heavy (non-hydrogen) atoms. The van der Waals surface area contributed by atoms with E-state index in [4.69, 9.17) is 10.5 Å². The summed E-state index contributed by atoms with van der Waals surface area (Å²) < 4.78 is 63.4. The molecule has 0 N–H and O–H groups in total. The molecule has 0 aliphatic heterocycles. The Morgan fingerprint density at radius 3 is 1.35 bits per heavy atom. The largest absolute Gasteiger partial charge is 0.463 e. The van der Waals surface area contributed by atoms with Crippen LogP contribution in [0, 0.1) is 22.7 Å². The molecule has 0 radical (unpaired) electrons. The third kappa shape index (κ3) is 10.6. The van der Waals surface area contributed by atoms with Crippen molar-refractivity contribution in [3.05, 3.63) is 0 Å². The molecule has 0 spiro atoms. The van der Waals surface area contributed by atoms with Crippen LogP contribution in [0.3, 0.4) is 0 Å². The van der Waals surface area contributed by atoms with Crippen LogP contribution in [0.5, 0.6) is 0 Å². The van der Waals surface area contributed by atoms with E-state index in [1.165, 1.54) is 0 Å². The van der Waals surface area contributed by atoms with Crippen molar-refractivity contribution in [1.29, 1.82) is 10.5 Å². The Balaban J connectivity index is 5.67. The fourth-order valence-electron chi connectivity index (χ4n) is 1.36. The van der Waals surface area contributed by atoms with Crippen molar-refractivity contribution in [3.63, 3.8) is 0 Å². The molecule has 14 heteroatoms. The number of carbonyl (C=O) groups excluding carboxylic acids is 2. The quantitative estimate of drug-likeness (QED) is 0.219. The number of nitriles is 2. The number of carbonyl (C=O) groups is 2. The summed E-state index contributed by atoms with van der Waals surface area (Å²) >= 11 is 0. The van der Waals surface area contributed by atoms with Crippen LogP contribution in [-0.4, -0.2) is 66.7 Å². The molecule has 0 aliphatic carbocycles. The summed E-state index contributed by atoms with van der Waals surface area (Å²) in [6, 6.07) is 3.30. The molecule has 0 aromatic carbocycles. The molecule has 2 atom stereocenters. The fourth-order valence-corrected chi connectivity index (χ4v) is 2.47. The van der Waals surface area contributed by atoms with Crippen LogP contribution in [0.2, 0.25) is 0 Å². The van der Waals surface area contributed by atoms with E-state index >= 15 is 0 Å². The topological polar surface area (TPSA) is 187 Å². The number of rotatable bonds is 11. The Bertz CT molecular complexity index is 723. The Kier molecular flexibility index (Phi) is 9.74. The van der Waals surface area contributed by atoms with E-state index in [1.807, 2.05) is 0 Å². The highest BCUT2D eigenvalue weighted by Crippen LogP contribution is 2.14. The molecule has 0 heterocycles. The molecule has 2 unspecified atom stereocenters. The summed E-state index contributed by atoms with van der Waals surface area (Å²) in [4.78, 5) is 24.0. The molecule has 0 fully saturated rings. The van der Waals surface area contributed by atoms with E-state index < -0.39 is 57.6 Å². The van der Waals surface area contributed by atoms with Gasteiger partial charge in [0.05, 0.1) is 37.5 Å². The highest BCUT2D eigenvalue weighted by atomic mass is 32.2. The molecule has 0 saturated heterocycles. The van der Waals surface area contributed by atoms with E-state index in [0.29, 0.717) is 12.5 Å².